The van der Waals surface area contributed by atoms with Crippen molar-refractivity contribution >= 4 is 13.5 Å². The first-order valence-electron chi connectivity index (χ1n) is 7.52. The Morgan fingerprint density at radius 1 is 1.05 bits per heavy atom. The van der Waals surface area contributed by atoms with Crippen molar-refractivity contribution in [1.29, 1.82) is 0 Å². The number of carbonyl (C=O) groups is 1. The van der Waals surface area contributed by atoms with Crippen LogP contribution in [0.4, 0.5) is 0 Å². The molecule has 0 radical (unpaired) electrons. The molecule has 1 atom stereocenters. The summed E-state index contributed by atoms with van der Waals surface area (Å²) in [6.45, 7) is 8.79. The minimum atomic E-state index is -3.41. The normalized spacial score (nSPS) is 13.4. The number of benzene rings is 1. The maximum atomic E-state index is 12.9. The van der Waals surface area contributed by atoms with Crippen molar-refractivity contribution < 1.29 is 18.4 Å². The van der Waals surface area contributed by atoms with Gasteiger partial charge in [-0.1, -0.05) is 30.3 Å². The third kappa shape index (κ3) is 6.30. The highest BCUT2D eigenvalue weighted by Gasteiger charge is 2.35. The quantitative estimate of drug-likeness (QED) is 0.739. The molecule has 0 saturated heterocycles. The monoisotopic (exact) mass is 327 g/mol. The molecule has 1 N–H and O–H groups in total. The Hall–Kier alpha value is -1.16. The Kier molecular flexibility index (Phi) is 7.27. The summed E-state index contributed by atoms with van der Waals surface area (Å²) in [7, 11) is -3.41. The van der Waals surface area contributed by atoms with Crippen LogP contribution < -0.4 is 5.32 Å². The lowest BCUT2D eigenvalue weighted by Crippen LogP contribution is -2.35. The van der Waals surface area contributed by atoms with Crippen molar-refractivity contribution in [2.24, 2.45) is 0 Å². The third-order valence-corrected chi connectivity index (χ3v) is 5.28. The van der Waals surface area contributed by atoms with Crippen LogP contribution in [0.15, 0.2) is 30.3 Å². The molecule has 0 fully saturated rings. The molecule has 0 spiro atoms. The van der Waals surface area contributed by atoms with Gasteiger partial charge >= 0.3 is 7.60 Å². The molecule has 0 aromatic heterocycles. The van der Waals surface area contributed by atoms with Crippen molar-refractivity contribution in [3.05, 3.63) is 35.9 Å². The fourth-order valence-electron chi connectivity index (χ4n) is 1.94. The van der Waals surface area contributed by atoms with E-state index in [1.54, 1.807) is 34.6 Å². The number of hydrogen-bond acceptors (Lipinski definition) is 4. The van der Waals surface area contributed by atoms with Gasteiger partial charge in [0.05, 0.1) is 18.6 Å². The molecule has 6 heteroatoms. The Morgan fingerprint density at radius 3 is 2.00 bits per heavy atom. The smallest absolute Gasteiger partial charge is 0.342 e. The minimum absolute atomic E-state index is 0.210. The predicted octanol–water partition coefficient (Wildman–Crippen LogP) is 3.73. The van der Waals surface area contributed by atoms with Gasteiger partial charge in [-0.2, -0.15) is 0 Å². The molecule has 124 valence electrons. The standard InChI is InChI=1S/C16H26NO4P/c1-12(2)20-22(19,21-13(3)4)14(5)17-16(18)11-15-9-7-6-8-10-15/h6-10,12-14H,11H2,1-5H3,(H,17,18)/t14-/m0/s1. The first-order chi connectivity index (χ1) is 10.2. The minimum Gasteiger partial charge on any atom is -0.342 e. The van der Waals surface area contributed by atoms with E-state index in [1.807, 2.05) is 30.3 Å². The molecule has 0 aliphatic heterocycles. The summed E-state index contributed by atoms with van der Waals surface area (Å²) >= 11 is 0. The van der Waals surface area contributed by atoms with Crippen LogP contribution in [0, 0.1) is 0 Å². The van der Waals surface area contributed by atoms with E-state index in [0.717, 1.165) is 5.56 Å². The van der Waals surface area contributed by atoms with E-state index in [1.165, 1.54) is 0 Å². The Labute approximate surface area is 132 Å². The summed E-state index contributed by atoms with van der Waals surface area (Å²) in [5, 5.41) is 2.73. The molecule has 0 aliphatic rings. The largest absolute Gasteiger partial charge is 0.352 e. The predicted molar refractivity (Wildman–Crippen MR) is 87.8 cm³/mol. The molecule has 0 saturated carbocycles. The summed E-state index contributed by atoms with van der Waals surface area (Å²) in [6.07, 6.45) is -0.273. The van der Waals surface area contributed by atoms with Crippen molar-refractivity contribution in [2.45, 2.75) is 59.0 Å². The van der Waals surface area contributed by atoms with E-state index >= 15 is 0 Å². The second-order valence-corrected chi connectivity index (χ2v) is 8.03. The van der Waals surface area contributed by atoms with Gasteiger partial charge in [0.25, 0.3) is 0 Å². The molecule has 0 unspecified atom stereocenters. The molecule has 0 heterocycles. The van der Waals surface area contributed by atoms with Gasteiger partial charge in [0.15, 0.2) is 0 Å². The van der Waals surface area contributed by atoms with Crippen LogP contribution in [0.25, 0.3) is 0 Å². The number of nitrogens with one attached hydrogen (secondary N) is 1. The van der Waals surface area contributed by atoms with Gasteiger partial charge in [-0.3, -0.25) is 9.36 Å². The van der Waals surface area contributed by atoms with Gasteiger partial charge in [-0.25, -0.2) is 0 Å². The molecule has 22 heavy (non-hydrogen) atoms. The van der Waals surface area contributed by atoms with Gasteiger partial charge in [-0.15, -0.1) is 0 Å². The lowest BCUT2D eigenvalue weighted by atomic mass is 10.1. The van der Waals surface area contributed by atoms with Crippen molar-refractivity contribution in [1.82, 2.24) is 5.32 Å². The molecule has 5 nitrogen and oxygen atoms in total. The van der Waals surface area contributed by atoms with Crippen LogP contribution in [0.2, 0.25) is 0 Å². The number of rotatable bonds is 8. The Balaban J connectivity index is 2.71. The van der Waals surface area contributed by atoms with E-state index in [0.29, 0.717) is 0 Å². The van der Waals surface area contributed by atoms with E-state index in [9.17, 15) is 9.36 Å². The lowest BCUT2D eigenvalue weighted by Gasteiger charge is -2.28. The van der Waals surface area contributed by atoms with E-state index in [-0.39, 0.29) is 24.5 Å². The summed E-state index contributed by atoms with van der Waals surface area (Å²) in [6, 6.07) is 9.39. The number of amides is 1. The molecular weight excluding hydrogens is 301 g/mol. The van der Waals surface area contributed by atoms with E-state index < -0.39 is 13.4 Å². The van der Waals surface area contributed by atoms with Crippen LogP contribution in [-0.4, -0.2) is 23.9 Å². The average molecular weight is 327 g/mol. The van der Waals surface area contributed by atoms with E-state index in [2.05, 4.69) is 5.32 Å². The first kappa shape index (κ1) is 18.9. The van der Waals surface area contributed by atoms with Crippen LogP contribution in [0.3, 0.4) is 0 Å². The zero-order chi connectivity index (χ0) is 16.8. The van der Waals surface area contributed by atoms with Crippen LogP contribution >= 0.6 is 7.60 Å². The topological polar surface area (TPSA) is 64.6 Å². The molecular formula is C16H26NO4P. The van der Waals surface area contributed by atoms with Crippen LogP contribution in [0.5, 0.6) is 0 Å². The Morgan fingerprint density at radius 2 is 1.55 bits per heavy atom. The van der Waals surface area contributed by atoms with Crippen molar-refractivity contribution in [2.75, 3.05) is 0 Å². The van der Waals surface area contributed by atoms with Gasteiger partial charge in [0.2, 0.25) is 5.91 Å². The SMILES string of the molecule is CC(C)OP(=O)(OC(C)C)[C@@H](C)NC(=O)Cc1ccccc1. The molecule has 1 amide bonds. The van der Waals surface area contributed by atoms with Gasteiger partial charge < -0.3 is 14.4 Å². The average Bonchev–Trinajstić information content (AvgIpc) is 2.37. The summed E-state index contributed by atoms with van der Waals surface area (Å²) in [5.74, 6) is -0.910. The van der Waals surface area contributed by atoms with Crippen molar-refractivity contribution in [3.8, 4) is 0 Å². The van der Waals surface area contributed by atoms with Crippen LogP contribution in [0.1, 0.15) is 40.2 Å². The summed E-state index contributed by atoms with van der Waals surface area (Å²) < 4.78 is 23.8. The molecule has 0 bridgehead atoms. The maximum Gasteiger partial charge on any atom is 0.352 e. The number of carbonyl (C=O) groups excluding carboxylic acids is 1. The number of hydrogen-bond donors (Lipinski definition) is 1. The summed E-state index contributed by atoms with van der Waals surface area (Å²) in [4.78, 5) is 12.1. The Bertz CT molecular complexity index is 502. The maximum absolute atomic E-state index is 12.9. The highest BCUT2D eigenvalue weighted by atomic mass is 31.2. The second kappa shape index (κ2) is 8.47. The van der Waals surface area contributed by atoms with E-state index in [4.69, 9.17) is 9.05 Å². The molecule has 1 aromatic rings. The lowest BCUT2D eigenvalue weighted by molar-refractivity contribution is -0.120. The van der Waals surface area contributed by atoms with Gasteiger partial charge in [0.1, 0.15) is 5.78 Å². The first-order valence-corrected chi connectivity index (χ1v) is 9.14. The second-order valence-electron chi connectivity index (χ2n) is 5.75. The molecule has 1 rings (SSSR count). The highest BCUT2D eigenvalue weighted by molar-refractivity contribution is 7.54. The van der Waals surface area contributed by atoms with Gasteiger partial charge in [-0.05, 0) is 40.2 Å². The zero-order valence-electron chi connectivity index (χ0n) is 13.9. The van der Waals surface area contributed by atoms with Crippen LogP contribution in [-0.2, 0) is 24.8 Å². The summed E-state index contributed by atoms with van der Waals surface area (Å²) in [5.41, 5.74) is 0.900. The molecule has 1 aromatic carbocycles. The fourth-order valence-corrected chi connectivity index (χ4v) is 3.83. The van der Waals surface area contributed by atoms with Crippen molar-refractivity contribution in [3.63, 3.8) is 0 Å². The third-order valence-electron chi connectivity index (χ3n) is 2.77. The molecule has 0 aliphatic carbocycles. The zero-order valence-corrected chi connectivity index (χ0v) is 14.8. The van der Waals surface area contributed by atoms with Gasteiger partial charge in [0, 0.05) is 0 Å². The fraction of sp³-hybridized carbons (Fsp3) is 0.562. The highest BCUT2D eigenvalue weighted by Crippen LogP contribution is 2.53.